The Labute approximate surface area is 117 Å². The molecule has 0 aliphatic heterocycles. The van der Waals surface area contributed by atoms with Gasteiger partial charge in [0.15, 0.2) is 5.82 Å². The van der Waals surface area contributed by atoms with Gasteiger partial charge in [0.1, 0.15) is 0 Å². The normalized spacial score (nSPS) is 12.6. The van der Waals surface area contributed by atoms with Gasteiger partial charge in [0.2, 0.25) is 0 Å². The first-order valence-corrected chi connectivity index (χ1v) is 6.52. The molecule has 0 bridgehead atoms. The largest absolute Gasteiger partial charge is 0.389 e. The Morgan fingerprint density at radius 2 is 2.00 bits per heavy atom. The number of aliphatic hydroxyl groups is 1. The third-order valence-corrected chi connectivity index (χ3v) is 3.33. The van der Waals surface area contributed by atoms with Crippen molar-refractivity contribution in [3.05, 3.63) is 54.0 Å². The summed E-state index contributed by atoms with van der Waals surface area (Å²) in [6, 6.07) is 9.88. The first kappa shape index (κ1) is 12.7. The molecule has 100 valence electrons. The predicted octanol–water partition coefficient (Wildman–Crippen LogP) is 3.05. The maximum Gasteiger partial charge on any atom is 0.159 e. The lowest BCUT2D eigenvalue weighted by Gasteiger charge is -2.09. The zero-order valence-electron chi connectivity index (χ0n) is 11.4. The van der Waals surface area contributed by atoms with E-state index in [4.69, 9.17) is 0 Å². The molecule has 20 heavy (non-hydrogen) atoms. The monoisotopic (exact) mass is 265 g/mol. The number of benzene rings is 1. The molecule has 0 unspecified atom stereocenters. The second-order valence-electron chi connectivity index (χ2n) is 4.82. The number of aromatic nitrogens is 3. The van der Waals surface area contributed by atoms with Crippen molar-refractivity contribution >= 4 is 10.9 Å². The van der Waals surface area contributed by atoms with E-state index in [9.17, 15) is 5.11 Å². The number of aryl methyl sites for hydroxylation is 1. The molecule has 0 radical (unpaired) electrons. The Morgan fingerprint density at radius 1 is 1.15 bits per heavy atom. The number of nitrogens with zero attached hydrogens (tertiary/aromatic N) is 3. The molecule has 1 N–H and O–H groups in total. The third kappa shape index (κ3) is 2.26. The van der Waals surface area contributed by atoms with E-state index in [2.05, 4.69) is 15.0 Å². The average molecular weight is 265 g/mol. The SMILES string of the molecule is Cc1nc(-c2ccc3ncccc3c2)ncc1[C@@H](C)O. The molecule has 3 aromatic rings. The smallest absolute Gasteiger partial charge is 0.159 e. The molecular weight excluding hydrogens is 250 g/mol. The molecule has 0 saturated carbocycles. The molecule has 0 saturated heterocycles. The van der Waals surface area contributed by atoms with Crippen LogP contribution in [0.4, 0.5) is 0 Å². The van der Waals surface area contributed by atoms with Gasteiger partial charge >= 0.3 is 0 Å². The highest BCUT2D eigenvalue weighted by Gasteiger charge is 2.09. The van der Waals surface area contributed by atoms with Gasteiger partial charge in [0, 0.05) is 34.6 Å². The molecule has 4 nitrogen and oxygen atoms in total. The summed E-state index contributed by atoms with van der Waals surface area (Å²) in [6.45, 7) is 3.60. The molecule has 3 rings (SSSR count). The summed E-state index contributed by atoms with van der Waals surface area (Å²) in [5.74, 6) is 0.664. The van der Waals surface area contributed by atoms with Crippen LogP contribution in [0.25, 0.3) is 22.3 Å². The summed E-state index contributed by atoms with van der Waals surface area (Å²) >= 11 is 0. The number of aliphatic hydroxyl groups excluding tert-OH is 1. The molecule has 2 heterocycles. The van der Waals surface area contributed by atoms with Crippen LogP contribution >= 0.6 is 0 Å². The van der Waals surface area contributed by atoms with Crippen LogP contribution in [0, 0.1) is 6.92 Å². The van der Waals surface area contributed by atoms with Crippen LogP contribution in [-0.2, 0) is 0 Å². The number of hydrogen-bond acceptors (Lipinski definition) is 4. The van der Waals surface area contributed by atoms with E-state index in [1.54, 1.807) is 19.3 Å². The predicted molar refractivity (Wildman–Crippen MR) is 78.1 cm³/mol. The van der Waals surface area contributed by atoms with Gasteiger partial charge in [-0.3, -0.25) is 4.98 Å². The van der Waals surface area contributed by atoms with E-state index in [-0.39, 0.29) is 0 Å². The molecule has 0 aliphatic carbocycles. The minimum Gasteiger partial charge on any atom is -0.389 e. The number of fused-ring (bicyclic) bond motifs is 1. The fourth-order valence-corrected chi connectivity index (χ4v) is 2.24. The maximum atomic E-state index is 9.62. The molecule has 0 fully saturated rings. The summed E-state index contributed by atoms with van der Waals surface area (Å²) in [4.78, 5) is 13.1. The van der Waals surface area contributed by atoms with Crippen molar-refractivity contribution in [1.29, 1.82) is 0 Å². The number of rotatable bonds is 2. The lowest BCUT2D eigenvalue weighted by molar-refractivity contribution is 0.197. The van der Waals surface area contributed by atoms with Gasteiger partial charge in [-0.15, -0.1) is 0 Å². The zero-order chi connectivity index (χ0) is 14.1. The standard InChI is InChI=1S/C16H15N3O/c1-10-14(11(2)20)9-18-16(19-10)13-5-6-15-12(8-13)4-3-7-17-15/h3-9,11,20H,1-2H3/t11-/m1/s1. The maximum absolute atomic E-state index is 9.62. The molecular formula is C16H15N3O. The highest BCUT2D eigenvalue weighted by molar-refractivity contribution is 5.83. The number of pyridine rings is 1. The highest BCUT2D eigenvalue weighted by Crippen LogP contribution is 2.22. The molecule has 2 aromatic heterocycles. The van der Waals surface area contributed by atoms with Crippen molar-refractivity contribution in [2.24, 2.45) is 0 Å². The summed E-state index contributed by atoms with van der Waals surface area (Å²) in [7, 11) is 0. The Morgan fingerprint density at radius 3 is 2.75 bits per heavy atom. The van der Waals surface area contributed by atoms with Gasteiger partial charge in [0.05, 0.1) is 11.6 Å². The summed E-state index contributed by atoms with van der Waals surface area (Å²) in [5, 5.41) is 10.7. The van der Waals surface area contributed by atoms with Crippen LogP contribution in [0.2, 0.25) is 0 Å². The van der Waals surface area contributed by atoms with Crippen molar-refractivity contribution < 1.29 is 5.11 Å². The van der Waals surface area contributed by atoms with Crippen molar-refractivity contribution in [3.8, 4) is 11.4 Å². The molecule has 0 spiro atoms. The Bertz CT molecular complexity index is 769. The summed E-state index contributed by atoms with van der Waals surface area (Å²) < 4.78 is 0. The van der Waals surface area contributed by atoms with Crippen LogP contribution in [-0.4, -0.2) is 20.1 Å². The van der Waals surface area contributed by atoms with E-state index in [0.29, 0.717) is 5.82 Å². The topological polar surface area (TPSA) is 58.9 Å². The molecule has 1 atom stereocenters. The highest BCUT2D eigenvalue weighted by atomic mass is 16.3. The van der Waals surface area contributed by atoms with E-state index >= 15 is 0 Å². The van der Waals surface area contributed by atoms with Gasteiger partial charge in [-0.2, -0.15) is 0 Å². The van der Waals surface area contributed by atoms with Crippen molar-refractivity contribution in [2.45, 2.75) is 20.0 Å². The van der Waals surface area contributed by atoms with Gasteiger partial charge < -0.3 is 5.11 Å². The van der Waals surface area contributed by atoms with Crippen LogP contribution in [0.15, 0.2) is 42.7 Å². The molecule has 1 aromatic carbocycles. The Hall–Kier alpha value is -2.33. The average Bonchev–Trinajstić information content (AvgIpc) is 2.46. The molecule has 0 aliphatic rings. The van der Waals surface area contributed by atoms with E-state index in [1.165, 1.54) is 0 Å². The quantitative estimate of drug-likeness (QED) is 0.773. The van der Waals surface area contributed by atoms with Gasteiger partial charge in [0.25, 0.3) is 0 Å². The Balaban J connectivity index is 2.08. The van der Waals surface area contributed by atoms with E-state index < -0.39 is 6.10 Å². The second kappa shape index (κ2) is 4.98. The fourth-order valence-electron chi connectivity index (χ4n) is 2.24. The van der Waals surface area contributed by atoms with E-state index in [1.807, 2.05) is 37.3 Å². The number of hydrogen-bond donors (Lipinski definition) is 1. The zero-order valence-corrected chi connectivity index (χ0v) is 11.4. The minimum absolute atomic E-state index is 0.551. The third-order valence-electron chi connectivity index (χ3n) is 3.33. The minimum atomic E-state index is -0.551. The van der Waals surface area contributed by atoms with Crippen LogP contribution in [0.5, 0.6) is 0 Å². The molecule has 0 amide bonds. The lowest BCUT2D eigenvalue weighted by Crippen LogP contribution is -2.01. The second-order valence-corrected chi connectivity index (χ2v) is 4.82. The summed E-state index contributed by atoms with van der Waals surface area (Å²) in [6.07, 6.45) is 2.92. The van der Waals surface area contributed by atoms with Crippen molar-refractivity contribution in [3.63, 3.8) is 0 Å². The van der Waals surface area contributed by atoms with Crippen molar-refractivity contribution in [2.75, 3.05) is 0 Å². The van der Waals surface area contributed by atoms with Gasteiger partial charge in [-0.05, 0) is 38.1 Å². The van der Waals surface area contributed by atoms with Crippen LogP contribution < -0.4 is 0 Å². The van der Waals surface area contributed by atoms with E-state index in [0.717, 1.165) is 27.7 Å². The first-order chi connectivity index (χ1) is 9.65. The fraction of sp³-hybridized carbons (Fsp3) is 0.188. The molecule has 4 heteroatoms. The van der Waals surface area contributed by atoms with Gasteiger partial charge in [-0.1, -0.05) is 6.07 Å². The van der Waals surface area contributed by atoms with Crippen molar-refractivity contribution in [1.82, 2.24) is 15.0 Å². The van der Waals surface area contributed by atoms with Crippen LogP contribution in [0.1, 0.15) is 24.3 Å². The first-order valence-electron chi connectivity index (χ1n) is 6.52. The lowest BCUT2D eigenvalue weighted by atomic mass is 10.1. The summed E-state index contributed by atoms with van der Waals surface area (Å²) in [5.41, 5.74) is 3.46. The van der Waals surface area contributed by atoms with Crippen LogP contribution in [0.3, 0.4) is 0 Å². The Kier molecular flexibility index (Phi) is 3.16. The van der Waals surface area contributed by atoms with Gasteiger partial charge in [-0.25, -0.2) is 9.97 Å².